The first-order chi connectivity index (χ1) is 14.9. The largest absolute Gasteiger partial charge is 0.332 e. The predicted octanol–water partition coefficient (Wildman–Crippen LogP) is 5.65. The van der Waals surface area contributed by atoms with E-state index in [4.69, 9.17) is 23.8 Å². The third-order valence-corrected chi connectivity index (χ3v) is 5.91. The Morgan fingerprint density at radius 1 is 1.10 bits per heavy atom. The molecule has 0 saturated heterocycles. The molecule has 1 heterocycles. The lowest BCUT2D eigenvalue weighted by Gasteiger charge is -2.11. The molecule has 0 radical (unpaired) electrons. The number of nitro benzene ring substituents is 1. The van der Waals surface area contributed by atoms with Crippen molar-refractivity contribution in [2.24, 2.45) is 0 Å². The number of thiocarbonyl (C=S) groups is 1. The maximum atomic E-state index is 12.4. The van der Waals surface area contributed by atoms with E-state index in [2.05, 4.69) is 15.6 Å². The van der Waals surface area contributed by atoms with Crippen LogP contribution in [-0.4, -0.2) is 20.9 Å². The van der Waals surface area contributed by atoms with Crippen LogP contribution in [0.5, 0.6) is 0 Å². The number of anilines is 1. The molecule has 0 spiro atoms. The Morgan fingerprint density at radius 3 is 2.58 bits per heavy atom. The van der Waals surface area contributed by atoms with Crippen molar-refractivity contribution in [1.29, 1.82) is 0 Å². The molecular formula is C21H13ClN4O3S2. The summed E-state index contributed by atoms with van der Waals surface area (Å²) >= 11 is 13.2. The number of hydrogen-bond acceptors (Lipinski definition) is 6. The van der Waals surface area contributed by atoms with Gasteiger partial charge in [0.1, 0.15) is 10.6 Å². The first-order valence-electron chi connectivity index (χ1n) is 8.93. The summed E-state index contributed by atoms with van der Waals surface area (Å²) in [5, 5.41) is 17.7. The number of fused-ring (bicyclic) bond motifs is 1. The van der Waals surface area contributed by atoms with Gasteiger partial charge in [-0.1, -0.05) is 35.9 Å². The summed E-state index contributed by atoms with van der Waals surface area (Å²) in [5.74, 6) is -0.679. The SMILES string of the molecule is O=C(NC(=S)Nc1ccc(-c2nc3ccccc3s2)c(Cl)c1)c1ccccc1[N+](=O)[O-]. The molecular weight excluding hydrogens is 456 g/mol. The Kier molecular flexibility index (Phi) is 5.90. The molecule has 4 aromatic rings. The van der Waals surface area contributed by atoms with Crippen molar-refractivity contribution in [3.8, 4) is 10.6 Å². The number of carbonyl (C=O) groups excluding carboxylic acids is 1. The summed E-state index contributed by atoms with van der Waals surface area (Å²) in [5.41, 5.74) is 1.86. The smallest absolute Gasteiger partial charge is 0.282 e. The highest BCUT2D eigenvalue weighted by molar-refractivity contribution is 7.80. The van der Waals surface area contributed by atoms with Crippen LogP contribution in [0.25, 0.3) is 20.8 Å². The van der Waals surface area contributed by atoms with Crippen molar-refractivity contribution >= 4 is 67.8 Å². The summed E-state index contributed by atoms with van der Waals surface area (Å²) in [6.45, 7) is 0. The van der Waals surface area contributed by atoms with E-state index in [0.717, 1.165) is 20.8 Å². The number of aromatic nitrogens is 1. The predicted molar refractivity (Wildman–Crippen MR) is 127 cm³/mol. The van der Waals surface area contributed by atoms with Crippen LogP contribution in [0.4, 0.5) is 11.4 Å². The number of nitrogens with zero attached hydrogens (tertiary/aromatic N) is 2. The van der Waals surface area contributed by atoms with Crippen molar-refractivity contribution in [1.82, 2.24) is 10.3 Å². The van der Waals surface area contributed by atoms with E-state index in [1.165, 1.54) is 18.2 Å². The molecule has 0 fully saturated rings. The fourth-order valence-electron chi connectivity index (χ4n) is 2.91. The van der Waals surface area contributed by atoms with Crippen molar-refractivity contribution < 1.29 is 9.72 Å². The molecule has 0 atom stereocenters. The Balaban J connectivity index is 1.48. The van der Waals surface area contributed by atoms with E-state index in [9.17, 15) is 14.9 Å². The van der Waals surface area contributed by atoms with Gasteiger partial charge in [-0.25, -0.2) is 4.98 Å². The zero-order chi connectivity index (χ0) is 22.0. The third kappa shape index (κ3) is 4.53. The van der Waals surface area contributed by atoms with Crippen LogP contribution in [0.3, 0.4) is 0 Å². The van der Waals surface area contributed by atoms with Crippen LogP contribution in [0.15, 0.2) is 66.7 Å². The van der Waals surface area contributed by atoms with Crippen molar-refractivity contribution in [3.05, 3.63) is 87.4 Å². The molecule has 0 aliphatic carbocycles. The average molecular weight is 469 g/mol. The molecule has 3 aromatic carbocycles. The highest BCUT2D eigenvalue weighted by atomic mass is 35.5. The van der Waals surface area contributed by atoms with Gasteiger partial charge < -0.3 is 5.32 Å². The summed E-state index contributed by atoms with van der Waals surface area (Å²) in [6.07, 6.45) is 0. The van der Waals surface area contributed by atoms with Crippen molar-refractivity contribution in [2.45, 2.75) is 0 Å². The molecule has 0 unspecified atom stereocenters. The Bertz CT molecular complexity index is 1310. The van der Waals surface area contributed by atoms with Gasteiger partial charge in [0.2, 0.25) is 0 Å². The highest BCUT2D eigenvalue weighted by Gasteiger charge is 2.20. The lowest BCUT2D eigenvalue weighted by Crippen LogP contribution is -2.34. The van der Waals surface area contributed by atoms with E-state index in [0.29, 0.717) is 10.7 Å². The standard InChI is InChI=1S/C21H13ClN4O3S2/c22-15-11-12(9-10-13(15)20-24-16-6-2-4-8-18(16)31-20)23-21(30)25-19(27)14-5-1-3-7-17(14)26(28)29/h1-11H,(H2,23,25,27,30). The van der Waals surface area contributed by atoms with Gasteiger partial charge in [0, 0.05) is 17.3 Å². The second kappa shape index (κ2) is 8.76. The van der Waals surface area contributed by atoms with Gasteiger partial charge in [0.15, 0.2) is 5.11 Å². The molecule has 7 nitrogen and oxygen atoms in total. The number of amides is 1. The van der Waals surface area contributed by atoms with E-state index in [1.54, 1.807) is 29.5 Å². The first kappa shape index (κ1) is 20.9. The van der Waals surface area contributed by atoms with Crippen LogP contribution in [0.2, 0.25) is 5.02 Å². The molecule has 0 bridgehead atoms. The summed E-state index contributed by atoms with van der Waals surface area (Å²) < 4.78 is 1.06. The van der Waals surface area contributed by atoms with Gasteiger partial charge in [-0.3, -0.25) is 20.2 Å². The zero-order valence-corrected chi connectivity index (χ0v) is 18.1. The molecule has 0 aliphatic rings. The third-order valence-electron chi connectivity index (χ3n) is 4.32. The zero-order valence-electron chi connectivity index (χ0n) is 15.7. The molecule has 0 saturated carbocycles. The number of para-hydroxylation sites is 2. The Hall–Kier alpha value is -3.40. The fraction of sp³-hybridized carbons (Fsp3) is 0. The minimum Gasteiger partial charge on any atom is -0.332 e. The fourth-order valence-corrected chi connectivity index (χ4v) is 4.45. The number of benzene rings is 3. The van der Waals surface area contributed by atoms with Crippen molar-refractivity contribution in [2.75, 3.05) is 5.32 Å². The van der Waals surface area contributed by atoms with E-state index >= 15 is 0 Å². The van der Waals surface area contributed by atoms with Gasteiger partial charge in [-0.05, 0) is 48.6 Å². The van der Waals surface area contributed by atoms with Crippen LogP contribution in [0.1, 0.15) is 10.4 Å². The van der Waals surface area contributed by atoms with Crippen LogP contribution in [0, 0.1) is 10.1 Å². The minimum absolute atomic E-state index is 0.00745. The lowest BCUT2D eigenvalue weighted by atomic mass is 10.1. The van der Waals surface area contributed by atoms with E-state index < -0.39 is 10.8 Å². The molecule has 2 N–H and O–H groups in total. The molecule has 10 heteroatoms. The van der Waals surface area contributed by atoms with Gasteiger partial charge in [0.05, 0.1) is 20.2 Å². The minimum atomic E-state index is -0.679. The van der Waals surface area contributed by atoms with Gasteiger partial charge in [-0.15, -0.1) is 11.3 Å². The van der Waals surface area contributed by atoms with Gasteiger partial charge >= 0.3 is 0 Å². The Morgan fingerprint density at radius 2 is 1.84 bits per heavy atom. The summed E-state index contributed by atoms with van der Waals surface area (Å²) in [7, 11) is 0. The van der Waals surface area contributed by atoms with E-state index in [-0.39, 0.29) is 16.4 Å². The summed E-state index contributed by atoms with van der Waals surface area (Å²) in [6, 6.07) is 18.7. The molecule has 1 aromatic heterocycles. The first-order valence-corrected chi connectivity index (χ1v) is 10.5. The molecule has 154 valence electrons. The number of carbonyl (C=O) groups is 1. The number of halogens is 1. The van der Waals surface area contributed by atoms with Gasteiger partial charge in [-0.2, -0.15) is 0 Å². The molecule has 0 aliphatic heterocycles. The maximum Gasteiger partial charge on any atom is 0.282 e. The number of nitrogens with one attached hydrogen (secondary N) is 2. The second-order valence-electron chi connectivity index (χ2n) is 6.36. The van der Waals surface area contributed by atoms with Crippen LogP contribution < -0.4 is 10.6 Å². The normalized spacial score (nSPS) is 10.6. The van der Waals surface area contributed by atoms with Crippen LogP contribution >= 0.6 is 35.2 Å². The number of thiazole rings is 1. The number of hydrogen-bond donors (Lipinski definition) is 2. The molecule has 31 heavy (non-hydrogen) atoms. The van der Waals surface area contributed by atoms with Gasteiger partial charge in [0.25, 0.3) is 11.6 Å². The second-order valence-corrected chi connectivity index (χ2v) is 8.21. The summed E-state index contributed by atoms with van der Waals surface area (Å²) in [4.78, 5) is 27.5. The number of nitro groups is 1. The lowest BCUT2D eigenvalue weighted by molar-refractivity contribution is -0.385. The van der Waals surface area contributed by atoms with Crippen molar-refractivity contribution in [3.63, 3.8) is 0 Å². The van der Waals surface area contributed by atoms with E-state index in [1.807, 2.05) is 30.3 Å². The maximum absolute atomic E-state index is 12.4. The Labute approximate surface area is 190 Å². The van der Waals surface area contributed by atoms with Crippen LogP contribution in [-0.2, 0) is 0 Å². The topological polar surface area (TPSA) is 97.2 Å². The highest BCUT2D eigenvalue weighted by Crippen LogP contribution is 2.35. The number of rotatable bonds is 4. The monoisotopic (exact) mass is 468 g/mol. The average Bonchev–Trinajstić information content (AvgIpc) is 3.17. The quantitative estimate of drug-likeness (QED) is 0.228. The molecule has 1 amide bonds. The molecule has 4 rings (SSSR count).